The first-order valence-corrected chi connectivity index (χ1v) is 4.13. The lowest BCUT2D eigenvalue weighted by Crippen LogP contribution is -2.02. The van der Waals surface area contributed by atoms with Crippen molar-refractivity contribution in [2.24, 2.45) is 5.92 Å². The van der Waals surface area contributed by atoms with Crippen LogP contribution in [0.5, 0.6) is 0 Å². The Hall–Kier alpha value is 0.360. The molecule has 1 unspecified atom stereocenters. The van der Waals surface area contributed by atoms with E-state index in [2.05, 4.69) is 0 Å². The monoisotopic (exact) mass is 240 g/mol. The molecule has 1 aliphatic rings. The fourth-order valence-electron chi connectivity index (χ4n) is 0.971. The van der Waals surface area contributed by atoms with Crippen molar-refractivity contribution in [1.82, 2.24) is 0 Å². The predicted molar refractivity (Wildman–Crippen MR) is 42.6 cm³/mol. The van der Waals surface area contributed by atoms with Crippen molar-refractivity contribution in [2.45, 2.75) is 12.8 Å². The molecule has 9 heavy (non-hydrogen) atoms. The third-order valence-electron chi connectivity index (χ3n) is 1.47. The van der Waals surface area contributed by atoms with E-state index in [0.717, 1.165) is 19.6 Å². The Balaban J connectivity index is 2.19. The van der Waals surface area contributed by atoms with E-state index in [9.17, 15) is 4.79 Å². The van der Waals surface area contributed by atoms with Gasteiger partial charge in [-0.2, -0.15) is 0 Å². The van der Waals surface area contributed by atoms with Gasteiger partial charge in [-0.1, -0.05) is 0 Å². The van der Waals surface area contributed by atoms with Crippen molar-refractivity contribution in [2.75, 3.05) is 13.2 Å². The molecule has 0 aromatic rings. The van der Waals surface area contributed by atoms with Gasteiger partial charge in [0.2, 0.25) is 0 Å². The summed E-state index contributed by atoms with van der Waals surface area (Å²) >= 11 is 1.84. The standard InChI is InChI=1S/C6H9IO2/c7-6(8)3-5-1-2-9-4-5/h5H,1-4H2. The van der Waals surface area contributed by atoms with E-state index in [1.165, 1.54) is 0 Å². The molecule has 0 N–H and O–H groups in total. The van der Waals surface area contributed by atoms with Crippen molar-refractivity contribution < 1.29 is 9.53 Å². The number of halogens is 1. The van der Waals surface area contributed by atoms with E-state index >= 15 is 0 Å². The quantitative estimate of drug-likeness (QED) is 0.538. The smallest absolute Gasteiger partial charge is 0.192 e. The van der Waals surface area contributed by atoms with Crippen molar-refractivity contribution in [3.05, 3.63) is 0 Å². The molecule has 0 aliphatic carbocycles. The van der Waals surface area contributed by atoms with Crippen molar-refractivity contribution in [1.29, 1.82) is 0 Å². The van der Waals surface area contributed by atoms with Gasteiger partial charge in [0.05, 0.1) is 0 Å². The average molecular weight is 240 g/mol. The molecule has 0 aromatic carbocycles. The van der Waals surface area contributed by atoms with E-state index in [0.29, 0.717) is 12.3 Å². The second-order valence-corrected chi connectivity index (χ2v) is 3.49. The van der Waals surface area contributed by atoms with Crippen molar-refractivity contribution in [3.8, 4) is 0 Å². The highest BCUT2D eigenvalue weighted by atomic mass is 127. The van der Waals surface area contributed by atoms with Crippen LogP contribution in [0.25, 0.3) is 0 Å². The minimum absolute atomic E-state index is 0.253. The van der Waals surface area contributed by atoms with E-state index in [1.54, 1.807) is 0 Å². The van der Waals surface area contributed by atoms with Crippen molar-refractivity contribution in [3.63, 3.8) is 0 Å². The van der Waals surface area contributed by atoms with Gasteiger partial charge in [0.1, 0.15) is 0 Å². The second kappa shape index (κ2) is 3.51. The van der Waals surface area contributed by atoms with E-state index in [1.807, 2.05) is 22.6 Å². The Morgan fingerprint density at radius 2 is 2.56 bits per heavy atom. The summed E-state index contributed by atoms with van der Waals surface area (Å²) in [7, 11) is 0. The van der Waals surface area contributed by atoms with Gasteiger partial charge >= 0.3 is 0 Å². The first kappa shape index (κ1) is 7.47. The van der Waals surface area contributed by atoms with E-state index in [-0.39, 0.29) is 3.79 Å². The molecule has 0 radical (unpaired) electrons. The zero-order valence-electron chi connectivity index (χ0n) is 5.10. The summed E-state index contributed by atoms with van der Waals surface area (Å²) in [5.41, 5.74) is 0. The molecule has 0 amide bonds. The molecule has 1 fully saturated rings. The van der Waals surface area contributed by atoms with Crippen molar-refractivity contribution >= 4 is 26.4 Å². The molecule has 0 bridgehead atoms. The van der Waals surface area contributed by atoms with Gasteiger partial charge in [-0.25, -0.2) is 0 Å². The Morgan fingerprint density at radius 3 is 3.00 bits per heavy atom. The molecule has 52 valence electrons. The van der Waals surface area contributed by atoms with Crippen LogP contribution in [-0.2, 0) is 9.53 Å². The molecule has 0 aromatic heterocycles. The van der Waals surface area contributed by atoms with E-state index in [4.69, 9.17) is 4.74 Å². The van der Waals surface area contributed by atoms with Gasteiger partial charge in [-0.3, -0.25) is 4.79 Å². The maximum Gasteiger partial charge on any atom is 0.192 e. The summed E-state index contributed by atoms with van der Waals surface area (Å²) in [6.45, 7) is 1.63. The lowest BCUT2D eigenvalue weighted by Gasteiger charge is -1.99. The zero-order chi connectivity index (χ0) is 6.69. The number of hydrogen-bond donors (Lipinski definition) is 0. The van der Waals surface area contributed by atoms with Crippen LogP contribution in [0, 0.1) is 5.92 Å². The first-order valence-electron chi connectivity index (χ1n) is 3.05. The summed E-state index contributed by atoms with van der Waals surface area (Å²) in [5, 5.41) is 0. The first-order chi connectivity index (χ1) is 4.29. The Morgan fingerprint density at radius 1 is 1.78 bits per heavy atom. The molecular formula is C6H9IO2. The topological polar surface area (TPSA) is 26.3 Å². The SMILES string of the molecule is O=C(I)CC1CCOC1. The van der Waals surface area contributed by atoms with Crippen LogP contribution in [0.2, 0.25) is 0 Å². The van der Waals surface area contributed by atoms with Gasteiger partial charge in [0, 0.05) is 19.6 Å². The fourth-order valence-corrected chi connectivity index (χ4v) is 1.59. The van der Waals surface area contributed by atoms with Gasteiger partial charge in [0.25, 0.3) is 0 Å². The van der Waals surface area contributed by atoms with Gasteiger partial charge in [0.15, 0.2) is 3.79 Å². The van der Waals surface area contributed by atoms with Crippen LogP contribution < -0.4 is 0 Å². The molecule has 0 saturated carbocycles. The molecule has 1 atom stereocenters. The second-order valence-electron chi connectivity index (χ2n) is 2.29. The highest BCUT2D eigenvalue weighted by molar-refractivity contribution is 14.1. The number of carbonyl (C=O) groups is 1. The Bertz CT molecular complexity index is 108. The van der Waals surface area contributed by atoms with Gasteiger partial charge < -0.3 is 4.74 Å². The Kier molecular flexibility index (Phi) is 2.91. The highest BCUT2D eigenvalue weighted by Crippen LogP contribution is 2.17. The predicted octanol–water partition coefficient (Wildman–Crippen LogP) is 1.37. The summed E-state index contributed by atoms with van der Waals surface area (Å²) in [4.78, 5) is 10.5. The average Bonchev–Trinajstić information content (AvgIpc) is 2.15. The van der Waals surface area contributed by atoms with Crippen LogP contribution in [-0.4, -0.2) is 17.0 Å². The third kappa shape index (κ3) is 2.62. The number of carbonyl (C=O) groups excluding carboxylic acids is 1. The summed E-state index contributed by atoms with van der Waals surface area (Å²) in [6, 6.07) is 0. The highest BCUT2D eigenvalue weighted by Gasteiger charge is 2.17. The Labute approximate surface area is 68.1 Å². The zero-order valence-corrected chi connectivity index (χ0v) is 7.26. The maximum absolute atomic E-state index is 10.5. The van der Waals surface area contributed by atoms with Gasteiger partial charge in [-0.15, -0.1) is 0 Å². The lowest BCUT2D eigenvalue weighted by molar-refractivity contribution is -0.110. The number of rotatable bonds is 2. The summed E-state index contributed by atoms with van der Waals surface area (Å²) < 4.78 is 5.36. The fraction of sp³-hybridized carbons (Fsp3) is 0.833. The van der Waals surface area contributed by atoms with Crippen LogP contribution >= 0.6 is 22.6 Å². The van der Waals surface area contributed by atoms with Crippen LogP contribution in [0.15, 0.2) is 0 Å². The summed E-state index contributed by atoms with van der Waals surface area (Å²) in [6.07, 6.45) is 1.76. The largest absolute Gasteiger partial charge is 0.381 e. The molecule has 0 spiro atoms. The maximum atomic E-state index is 10.5. The minimum Gasteiger partial charge on any atom is -0.381 e. The minimum atomic E-state index is 0.253. The van der Waals surface area contributed by atoms with Crippen LogP contribution in [0.3, 0.4) is 0 Å². The normalized spacial score (nSPS) is 26.6. The molecule has 1 saturated heterocycles. The summed E-state index contributed by atoms with van der Waals surface area (Å²) in [5.74, 6) is 0.509. The molecule has 1 rings (SSSR count). The lowest BCUT2D eigenvalue weighted by atomic mass is 10.1. The molecular weight excluding hydrogens is 231 g/mol. The third-order valence-corrected chi connectivity index (χ3v) is 1.91. The van der Waals surface area contributed by atoms with E-state index < -0.39 is 0 Å². The molecule has 2 nitrogen and oxygen atoms in total. The molecule has 1 heterocycles. The van der Waals surface area contributed by atoms with Crippen LogP contribution in [0.1, 0.15) is 12.8 Å². The van der Waals surface area contributed by atoms with Crippen LogP contribution in [0.4, 0.5) is 0 Å². The number of ether oxygens (including phenoxy) is 1. The molecule has 1 aliphatic heterocycles. The number of hydrogen-bond acceptors (Lipinski definition) is 2. The van der Waals surface area contributed by atoms with Gasteiger partial charge in [-0.05, 0) is 34.9 Å². The molecule has 3 heteroatoms.